The first-order valence-electron chi connectivity index (χ1n) is 44.8. The van der Waals surface area contributed by atoms with Crippen molar-refractivity contribution in [1.29, 1.82) is 0 Å². The fraction of sp³-hybridized carbons (Fsp3) is 0.333. The zero-order valence-electron chi connectivity index (χ0n) is 80.1. The highest BCUT2D eigenvalue weighted by molar-refractivity contribution is 6.02. The van der Waals surface area contributed by atoms with Gasteiger partial charge < -0.3 is 59.1 Å². The van der Waals surface area contributed by atoms with Gasteiger partial charge in [-0.15, -0.1) is 0 Å². The highest BCUT2D eigenvalue weighted by Gasteiger charge is 2.45. The average molecular weight is 1840 g/mol. The Morgan fingerprint density at radius 2 is 0.489 bits per heavy atom. The molecule has 135 heavy (non-hydrogen) atoms. The van der Waals surface area contributed by atoms with Gasteiger partial charge in [0, 0.05) is 108 Å². The van der Waals surface area contributed by atoms with Crippen molar-refractivity contribution in [3.8, 4) is 0 Å². The number of hydrogen-bond acceptors (Lipinski definition) is 24. The molecule has 27 nitrogen and oxygen atoms in total. The van der Waals surface area contributed by atoms with Crippen LogP contribution in [-0.4, -0.2) is 164 Å². The fourth-order valence-corrected chi connectivity index (χ4v) is 18.3. The summed E-state index contributed by atoms with van der Waals surface area (Å²) in [5.41, 5.74) is 9.73. The van der Waals surface area contributed by atoms with Crippen LogP contribution in [0.25, 0.3) is 0 Å². The van der Waals surface area contributed by atoms with Crippen LogP contribution >= 0.6 is 0 Å². The molecule has 9 aromatic carbocycles. The van der Waals surface area contributed by atoms with Crippen molar-refractivity contribution < 1.29 is 72.0 Å². The second-order valence-electron chi connectivity index (χ2n) is 36.1. The van der Waals surface area contributed by atoms with Gasteiger partial charge in [-0.2, -0.15) is 0 Å². The monoisotopic (exact) mass is 1830 g/mol. The Bertz CT molecular complexity index is 5240. The summed E-state index contributed by atoms with van der Waals surface area (Å²) in [7, 11) is 9.79. The second kappa shape index (κ2) is 46.9. The maximum atomic E-state index is 14.0. The number of nitro benzene ring substituents is 3. The molecule has 0 bridgehead atoms. The quantitative estimate of drug-likeness (QED) is 0.0142. The number of carbonyl (C=O) groups is 6. The Morgan fingerprint density at radius 3 is 0.667 bits per heavy atom. The van der Waals surface area contributed by atoms with E-state index >= 15 is 0 Å². The van der Waals surface area contributed by atoms with Crippen LogP contribution in [0.1, 0.15) is 188 Å². The molecule has 0 spiro atoms. The third-order valence-corrected chi connectivity index (χ3v) is 24.1. The van der Waals surface area contributed by atoms with E-state index < -0.39 is 85.1 Å². The van der Waals surface area contributed by atoms with Crippen molar-refractivity contribution in [3.05, 3.63) is 403 Å². The van der Waals surface area contributed by atoms with Gasteiger partial charge in [0.25, 0.3) is 17.1 Å². The van der Waals surface area contributed by atoms with Gasteiger partial charge >= 0.3 is 35.8 Å². The van der Waals surface area contributed by atoms with Gasteiger partial charge in [0.1, 0.15) is 16.8 Å². The molecule has 708 valence electrons. The molecule has 3 aliphatic rings. The Kier molecular flexibility index (Phi) is 35.7. The van der Waals surface area contributed by atoms with Gasteiger partial charge in [0.2, 0.25) is 0 Å². The predicted molar refractivity (Wildman–Crippen MR) is 520 cm³/mol. The number of ether oxygens (including phenoxy) is 6. The van der Waals surface area contributed by atoms with Gasteiger partial charge in [0.05, 0.1) is 87.3 Å². The largest absolute Gasteiger partial charge is 0.466 e. The molecule has 3 aliphatic heterocycles. The zero-order chi connectivity index (χ0) is 98.2. The van der Waals surface area contributed by atoms with Crippen molar-refractivity contribution in [2.24, 2.45) is 0 Å². The number of allylic oxidation sites excluding steroid dienone is 6. The molecular weight excluding hydrogens is 1710 g/mol. The summed E-state index contributed by atoms with van der Waals surface area (Å²) in [6.45, 7) is 25.0. The topological polar surface area (TPSA) is 333 Å². The minimum absolute atomic E-state index is 0.149. The smallest absolute Gasteiger partial charge is 0.337 e. The number of nitro groups is 3. The first kappa shape index (κ1) is 103. The minimum Gasteiger partial charge on any atom is -0.466 e. The summed E-state index contributed by atoms with van der Waals surface area (Å²) in [6, 6.07) is 80.3. The van der Waals surface area contributed by atoms with Crippen LogP contribution in [0.15, 0.2) is 322 Å². The van der Waals surface area contributed by atoms with Gasteiger partial charge in [-0.1, -0.05) is 218 Å². The first-order valence-corrected chi connectivity index (χ1v) is 44.8. The van der Waals surface area contributed by atoms with Crippen molar-refractivity contribution in [2.45, 2.75) is 155 Å². The molecule has 3 atom stereocenters. The molecule has 0 fully saturated rings. The van der Waals surface area contributed by atoms with E-state index in [1.807, 2.05) is 99.1 Å². The number of non-ortho nitro benzene ring substituents is 3. The molecule has 9 aromatic rings. The van der Waals surface area contributed by atoms with Crippen LogP contribution in [0.3, 0.4) is 0 Å². The number of methoxy groups -OCH3 is 3. The number of dihydropyridines is 3. The van der Waals surface area contributed by atoms with E-state index in [4.69, 9.17) is 28.4 Å². The number of hydrogen-bond donors (Lipinski definition) is 3. The minimum atomic E-state index is -0.919. The molecular formula is C108H123N9O18. The third-order valence-electron chi connectivity index (χ3n) is 24.1. The standard InChI is InChI=1S/3C36H41N3O6/c3*1-24-31(34(40)44-6)33(28-18-13-19-29(22-28)39(42)43)32(25(2)37-24)35(41)45-36(3,4)23-38(5)21-20-30(26-14-9-7-10-15-26)27-16-11-8-12-17-27/h3*7-19,22,30,33,37H,20-21,23H2,1-6H3. The molecule has 0 aliphatic carbocycles. The molecule has 0 amide bonds. The first-order chi connectivity index (χ1) is 64.2. The summed E-state index contributed by atoms with van der Waals surface area (Å²) in [5.74, 6) is -5.89. The lowest BCUT2D eigenvalue weighted by atomic mass is 9.80. The Balaban J connectivity index is 0.000000209. The maximum Gasteiger partial charge on any atom is 0.337 e. The van der Waals surface area contributed by atoms with Crippen LogP contribution in [0, 0.1) is 30.3 Å². The van der Waals surface area contributed by atoms with Crippen molar-refractivity contribution in [3.63, 3.8) is 0 Å². The van der Waals surface area contributed by atoms with Crippen LogP contribution in [0.2, 0.25) is 0 Å². The lowest BCUT2D eigenvalue weighted by Crippen LogP contribution is -2.42. The number of benzene rings is 9. The van der Waals surface area contributed by atoms with E-state index in [9.17, 15) is 59.1 Å². The average Bonchev–Trinajstić information content (AvgIpc) is 0.767. The molecule has 27 heteroatoms. The van der Waals surface area contributed by atoms with Crippen molar-refractivity contribution >= 4 is 52.9 Å². The molecule has 12 rings (SSSR count). The maximum absolute atomic E-state index is 14.0. The van der Waals surface area contributed by atoms with Crippen LogP contribution in [-0.2, 0) is 57.2 Å². The lowest BCUT2D eigenvalue weighted by molar-refractivity contribution is -0.385. The van der Waals surface area contributed by atoms with Crippen molar-refractivity contribution in [1.82, 2.24) is 30.7 Å². The number of esters is 6. The van der Waals surface area contributed by atoms with E-state index in [2.05, 4.69) is 176 Å². The number of carbonyl (C=O) groups excluding carboxylic acids is 6. The summed E-state index contributed by atoms with van der Waals surface area (Å²) in [4.78, 5) is 120. The Morgan fingerprint density at radius 1 is 0.304 bits per heavy atom. The molecule has 3 unspecified atom stereocenters. The van der Waals surface area contributed by atoms with E-state index in [0.29, 0.717) is 70.5 Å². The summed E-state index contributed by atoms with van der Waals surface area (Å²) >= 11 is 0. The van der Waals surface area contributed by atoms with Crippen molar-refractivity contribution in [2.75, 3.05) is 81.7 Å². The lowest BCUT2D eigenvalue weighted by Gasteiger charge is -2.34. The zero-order valence-corrected chi connectivity index (χ0v) is 80.1. The van der Waals surface area contributed by atoms with Gasteiger partial charge in [-0.25, -0.2) is 28.8 Å². The number of nitrogens with one attached hydrogen (secondary N) is 3. The summed E-state index contributed by atoms with van der Waals surface area (Å²) in [5, 5.41) is 44.1. The van der Waals surface area contributed by atoms with E-state index in [-0.39, 0.29) is 68.3 Å². The molecule has 3 heterocycles. The number of likely N-dealkylation sites (N-methyl/N-ethyl adjacent to an activating group) is 3. The summed E-state index contributed by atoms with van der Waals surface area (Å²) in [6.07, 6.45) is 2.60. The van der Waals surface area contributed by atoms with Gasteiger partial charge in [-0.05, 0) is 193 Å². The van der Waals surface area contributed by atoms with Crippen LogP contribution < -0.4 is 16.0 Å². The third kappa shape index (κ3) is 27.3. The predicted octanol–water partition coefficient (Wildman–Crippen LogP) is 19.4. The number of nitrogens with zero attached hydrogens (tertiary/aromatic N) is 6. The van der Waals surface area contributed by atoms with E-state index in [1.165, 1.54) is 109 Å². The molecule has 0 saturated carbocycles. The molecule has 0 radical (unpaired) electrons. The van der Waals surface area contributed by atoms with E-state index in [1.54, 1.807) is 59.7 Å². The molecule has 3 N–H and O–H groups in total. The fourth-order valence-electron chi connectivity index (χ4n) is 18.3. The highest BCUT2D eigenvalue weighted by atomic mass is 16.6. The number of rotatable bonds is 36. The molecule has 0 aromatic heterocycles. The normalized spacial score (nSPS) is 15.2. The Labute approximate surface area is 790 Å². The summed E-state index contributed by atoms with van der Waals surface area (Å²) < 4.78 is 33.6. The molecule has 0 saturated heterocycles. The van der Waals surface area contributed by atoms with Crippen LogP contribution in [0.4, 0.5) is 17.1 Å². The Hall–Kier alpha value is -14.3. The second-order valence-corrected chi connectivity index (χ2v) is 36.1. The van der Waals surface area contributed by atoms with Gasteiger partial charge in [0.15, 0.2) is 0 Å². The highest BCUT2D eigenvalue weighted by Crippen LogP contribution is 2.46. The van der Waals surface area contributed by atoms with Crippen LogP contribution in [0.5, 0.6) is 0 Å². The SMILES string of the molecule is COC(=O)C1=C(C)NC(C)=C(C(=O)OC(C)(C)CN(C)CCC(c2ccccc2)c2ccccc2)C1c1cccc([N+](=O)[O-])c1.COC(=O)C1=C(C)NC(C)=C(C(=O)OC(C)(C)CN(C)CCC(c2ccccc2)c2ccccc2)C1c1cccc([N+](=O)[O-])c1.COC(=O)C1=C(C)NC(C)=C(C(=O)OC(C)(C)CN(C)CCC(c2ccccc2)c2ccccc2)C1c1cccc([N+](=O)[O-])c1. The van der Waals surface area contributed by atoms with Gasteiger partial charge in [-0.3, -0.25) is 30.3 Å². The van der Waals surface area contributed by atoms with E-state index in [0.717, 1.165) is 38.9 Å².